The Morgan fingerprint density at radius 1 is 1.65 bits per heavy atom. The molecule has 0 radical (unpaired) electrons. The molecule has 0 aliphatic heterocycles. The first-order valence-corrected chi connectivity index (χ1v) is 4.55. The van der Waals surface area contributed by atoms with Crippen molar-refractivity contribution in [2.24, 2.45) is 5.73 Å². The van der Waals surface area contributed by atoms with Gasteiger partial charge in [-0.3, -0.25) is 10.1 Å². The van der Waals surface area contributed by atoms with Crippen molar-refractivity contribution < 1.29 is 14.5 Å². The number of carbonyl (C=O) groups is 1. The summed E-state index contributed by atoms with van der Waals surface area (Å²) in [6, 6.07) is 4.03. The molecule has 1 rings (SSSR count). The fraction of sp³-hybridized carbons (Fsp3) is 0.200. The largest absolute Gasteiger partial charge is 0.465 e. The molecule has 0 saturated heterocycles. The van der Waals surface area contributed by atoms with Crippen molar-refractivity contribution in [2.75, 3.05) is 7.11 Å². The first kappa shape index (κ1) is 12.6. The highest BCUT2D eigenvalue weighted by Crippen LogP contribution is 2.25. The summed E-state index contributed by atoms with van der Waals surface area (Å²) in [5, 5.41) is 19.6. The Labute approximate surface area is 96.6 Å². The maximum atomic E-state index is 11.3. The second-order valence-electron chi connectivity index (χ2n) is 3.10. The maximum Gasteiger partial charge on any atom is 0.337 e. The third-order valence-electron chi connectivity index (χ3n) is 2.13. The van der Waals surface area contributed by atoms with Crippen LogP contribution in [0.25, 0.3) is 0 Å². The van der Waals surface area contributed by atoms with Crippen LogP contribution in [0.2, 0.25) is 0 Å². The molecule has 0 heterocycles. The lowest BCUT2D eigenvalue weighted by Crippen LogP contribution is -2.08. The van der Waals surface area contributed by atoms with E-state index in [1.807, 2.05) is 0 Å². The summed E-state index contributed by atoms with van der Waals surface area (Å²) in [6.45, 7) is -0.143. The van der Waals surface area contributed by atoms with Gasteiger partial charge in [0.05, 0.1) is 17.6 Å². The number of methoxy groups -OCH3 is 1. The van der Waals surface area contributed by atoms with Gasteiger partial charge in [-0.25, -0.2) is 4.79 Å². The van der Waals surface area contributed by atoms with Crippen molar-refractivity contribution in [1.82, 2.24) is 0 Å². The van der Waals surface area contributed by atoms with Gasteiger partial charge in [-0.2, -0.15) is 5.26 Å². The van der Waals surface area contributed by atoms with Gasteiger partial charge >= 0.3 is 5.97 Å². The van der Waals surface area contributed by atoms with E-state index in [2.05, 4.69) is 4.74 Å². The van der Waals surface area contributed by atoms with E-state index in [0.717, 1.165) is 6.07 Å². The third kappa shape index (κ3) is 2.38. The Balaban J connectivity index is 3.51. The lowest BCUT2D eigenvalue weighted by atomic mass is 10.0. The number of ether oxygens (including phenoxy) is 1. The molecule has 0 aromatic heterocycles. The van der Waals surface area contributed by atoms with Crippen LogP contribution in [0.4, 0.5) is 5.69 Å². The Kier molecular flexibility index (Phi) is 3.74. The summed E-state index contributed by atoms with van der Waals surface area (Å²) in [7, 11) is 1.18. The minimum atomic E-state index is -0.693. The molecule has 1 aromatic carbocycles. The molecule has 0 spiro atoms. The molecule has 0 unspecified atom stereocenters. The second-order valence-corrected chi connectivity index (χ2v) is 3.10. The van der Waals surface area contributed by atoms with Gasteiger partial charge in [0, 0.05) is 12.1 Å². The molecule has 0 aliphatic carbocycles. The molecule has 1 aromatic rings. The molecular weight excluding hydrogens is 226 g/mol. The minimum Gasteiger partial charge on any atom is -0.465 e. The molecular formula is C10H9N3O4. The Bertz CT molecular complexity index is 519. The van der Waals surface area contributed by atoms with E-state index < -0.39 is 10.9 Å². The number of benzene rings is 1. The van der Waals surface area contributed by atoms with Gasteiger partial charge < -0.3 is 10.5 Å². The van der Waals surface area contributed by atoms with E-state index in [1.165, 1.54) is 13.2 Å². The number of nitrogens with two attached hydrogens (primary N) is 1. The van der Waals surface area contributed by atoms with E-state index >= 15 is 0 Å². The van der Waals surface area contributed by atoms with Crippen molar-refractivity contribution in [3.8, 4) is 6.07 Å². The van der Waals surface area contributed by atoms with Gasteiger partial charge in [-0.1, -0.05) is 0 Å². The number of nitro benzene ring substituents is 1. The molecule has 0 fully saturated rings. The number of esters is 1. The van der Waals surface area contributed by atoms with E-state index in [0.29, 0.717) is 0 Å². The number of nitrogens with zero attached hydrogens (tertiary/aromatic N) is 2. The van der Waals surface area contributed by atoms with Crippen LogP contribution in [0.5, 0.6) is 0 Å². The zero-order valence-electron chi connectivity index (χ0n) is 8.97. The molecule has 7 heteroatoms. The quantitative estimate of drug-likeness (QED) is 0.468. The second kappa shape index (κ2) is 5.05. The predicted octanol–water partition coefficient (Wildman–Crippen LogP) is 0.712. The van der Waals surface area contributed by atoms with Crippen molar-refractivity contribution in [2.45, 2.75) is 6.54 Å². The van der Waals surface area contributed by atoms with E-state index in [9.17, 15) is 14.9 Å². The van der Waals surface area contributed by atoms with Gasteiger partial charge in [0.25, 0.3) is 5.69 Å². The van der Waals surface area contributed by atoms with E-state index in [1.54, 1.807) is 6.07 Å². The van der Waals surface area contributed by atoms with Crippen molar-refractivity contribution in [3.63, 3.8) is 0 Å². The van der Waals surface area contributed by atoms with Crippen molar-refractivity contribution in [3.05, 3.63) is 38.9 Å². The zero-order valence-corrected chi connectivity index (χ0v) is 8.97. The highest BCUT2D eigenvalue weighted by atomic mass is 16.6. The SMILES string of the molecule is COC(=O)c1cc(C#N)c([N+](=O)[O-])c(CN)c1. The van der Waals surface area contributed by atoms with E-state index in [4.69, 9.17) is 11.0 Å². The molecule has 88 valence electrons. The van der Waals surface area contributed by atoms with Crippen LogP contribution in [0, 0.1) is 21.4 Å². The molecule has 0 amide bonds. The maximum absolute atomic E-state index is 11.3. The average molecular weight is 235 g/mol. The van der Waals surface area contributed by atoms with Crippen molar-refractivity contribution in [1.29, 1.82) is 5.26 Å². The normalized spacial score (nSPS) is 9.47. The molecule has 17 heavy (non-hydrogen) atoms. The Hall–Kier alpha value is -2.46. The van der Waals surface area contributed by atoms with Crippen molar-refractivity contribution >= 4 is 11.7 Å². The summed E-state index contributed by atoms with van der Waals surface area (Å²) in [5.41, 5.74) is 4.96. The summed E-state index contributed by atoms with van der Waals surface area (Å²) >= 11 is 0. The van der Waals surface area contributed by atoms with Gasteiger partial charge in [0.1, 0.15) is 11.6 Å². The molecule has 0 atom stereocenters. The van der Waals surface area contributed by atoms with Crippen LogP contribution in [-0.4, -0.2) is 18.0 Å². The number of rotatable bonds is 3. The van der Waals surface area contributed by atoms with Crippen LogP contribution in [0.1, 0.15) is 21.5 Å². The predicted molar refractivity (Wildman–Crippen MR) is 57.0 cm³/mol. The lowest BCUT2D eigenvalue weighted by Gasteiger charge is -2.05. The Morgan fingerprint density at radius 2 is 2.29 bits per heavy atom. The van der Waals surface area contributed by atoms with Gasteiger partial charge in [0.15, 0.2) is 0 Å². The minimum absolute atomic E-state index is 0.0649. The standard InChI is InChI=1S/C10H9N3O4/c1-17-10(14)6-2-7(4-11)9(13(15)16)8(3-6)5-12/h2-3H,4,11H2,1H3. The molecule has 0 aliphatic rings. The molecule has 2 N–H and O–H groups in total. The molecule has 0 bridgehead atoms. The number of nitro groups is 1. The van der Waals surface area contributed by atoms with Crippen LogP contribution >= 0.6 is 0 Å². The third-order valence-corrected chi connectivity index (χ3v) is 2.13. The summed E-state index contributed by atoms with van der Waals surface area (Å²) < 4.78 is 4.48. The number of nitriles is 1. The fourth-order valence-electron chi connectivity index (χ4n) is 1.39. The van der Waals surface area contributed by atoms with Crippen LogP contribution in [-0.2, 0) is 11.3 Å². The first-order chi connectivity index (χ1) is 8.04. The first-order valence-electron chi connectivity index (χ1n) is 4.55. The number of carbonyl (C=O) groups excluding carboxylic acids is 1. The molecule has 7 nitrogen and oxygen atoms in total. The van der Waals surface area contributed by atoms with Crippen LogP contribution in [0.15, 0.2) is 12.1 Å². The topological polar surface area (TPSA) is 119 Å². The summed E-state index contributed by atoms with van der Waals surface area (Å²) in [4.78, 5) is 21.4. The average Bonchev–Trinajstić information content (AvgIpc) is 2.35. The van der Waals surface area contributed by atoms with Gasteiger partial charge in [0.2, 0.25) is 0 Å². The summed E-state index contributed by atoms with van der Waals surface area (Å²) in [6.07, 6.45) is 0. The van der Waals surface area contributed by atoms with E-state index in [-0.39, 0.29) is 28.9 Å². The number of hydrogen-bond acceptors (Lipinski definition) is 6. The molecule has 0 saturated carbocycles. The Morgan fingerprint density at radius 3 is 2.71 bits per heavy atom. The summed E-state index contributed by atoms with van der Waals surface area (Å²) in [5.74, 6) is -0.675. The van der Waals surface area contributed by atoms with Crippen LogP contribution in [0.3, 0.4) is 0 Å². The van der Waals surface area contributed by atoms with Crippen LogP contribution < -0.4 is 5.73 Å². The zero-order chi connectivity index (χ0) is 13.0. The lowest BCUT2D eigenvalue weighted by molar-refractivity contribution is -0.385. The fourth-order valence-corrected chi connectivity index (χ4v) is 1.39. The smallest absolute Gasteiger partial charge is 0.337 e. The monoisotopic (exact) mass is 235 g/mol. The number of hydrogen-bond donors (Lipinski definition) is 1. The van der Waals surface area contributed by atoms with Gasteiger partial charge in [-0.15, -0.1) is 0 Å². The highest BCUT2D eigenvalue weighted by molar-refractivity contribution is 5.90. The van der Waals surface area contributed by atoms with Gasteiger partial charge in [-0.05, 0) is 12.1 Å². The highest BCUT2D eigenvalue weighted by Gasteiger charge is 2.22.